The monoisotopic (exact) mass is 474 g/mol. The first-order valence-electron chi connectivity index (χ1n) is 7.27. The Bertz CT molecular complexity index is 735. The van der Waals surface area contributed by atoms with E-state index in [0.717, 1.165) is 6.54 Å². The van der Waals surface area contributed by atoms with Gasteiger partial charge in [-0.1, -0.05) is 6.07 Å². The van der Waals surface area contributed by atoms with Gasteiger partial charge >= 0.3 is 5.51 Å². The van der Waals surface area contributed by atoms with Crippen molar-refractivity contribution in [3.05, 3.63) is 21.9 Å². The molecule has 0 aliphatic carbocycles. The number of nitrogens with zero attached hydrogens (tertiary/aromatic N) is 3. The van der Waals surface area contributed by atoms with Gasteiger partial charge in [0.05, 0.1) is 16.5 Å². The third-order valence-electron chi connectivity index (χ3n) is 3.87. The first-order chi connectivity index (χ1) is 11.2. The Kier molecular flexibility index (Phi) is 5.17. The van der Waals surface area contributed by atoms with Gasteiger partial charge in [-0.05, 0) is 60.0 Å². The summed E-state index contributed by atoms with van der Waals surface area (Å²) in [6.07, 6.45) is -0.422. The fraction of sp³-hybridized carbons (Fsp3) is 0.500. The Morgan fingerprint density at radius 2 is 2.12 bits per heavy atom. The smallest absolute Gasteiger partial charge is 0.364 e. The summed E-state index contributed by atoms with van der Waals surface area (Å²) in [5, 5.41) is 7.29. The van der Waals surface area contributed by atoms with E-state index in [0.29, 0.717) is 24.3 Å². The number of piperidine rings is 1. The van der Waals surface area contributed by atoms with Crippen molar-refractivity contribution in [3.63, 3.8) is 0 Å². The molecule has 3 heterocycles. The van der Waals surface area contributed by atoms with E-state index in [1.54, 1.807) is 40.8 Å². The molecule has 3 rings (SSSR count). The van der Waals surface area contributed by atoms with Gasteiger partial charge in [0, 0.05) is 13.1 Å². The molecule has 0 bridgehead atoms. The molecular formula is C14H15F4IN4S. The van der Waals surface area contributed by atoms with Gasteiger partial charge in [-0.15, -0.1) is 0 Å². The van der Waals surface area contributed by atoms with Crippen LogP contribution in [-0.2, 0) is 0 Å². The van der Waals surface area contributed by atoms with Crippen LogP contribution in [0.4, 0.5) is 23.4 Å². The van der Waals surface area contributed by atoms with Crippen LogP contribution in [-0.4, -0.2) is 52.4 Å². The zero-order valence-electron chi connectivity index (χ0n) is 12.6. The summed E-state index contributed by atoms with van der Waals surface area (Å²) in [6, 6.07) is 4.55. The van der Waals surface area contributed by atoms with E-state index in [9.17, 15) is 17.6 Å². The predicted molar refractivity (Wildman–Crippen MR) is 94.2 cm³/mol. The lowest BCUT2D eigenvalue weighted by molar-refractivity contribution is -0.0328. The van der Waals surface area contributed by atoms with E-state index in [1.165, 1.54) is 4.52 Å². The average Bonchev–Trinajstić information content (AvgIpc) is 2.78. The van der Waals surface area contributed by atoms with Crippen molar-refractivity contribution in [2.45, 2.75) is 29.0 Å². The Hall–Kier alpha value is -0.750. The highest BCUT2D eigenvalue weighted by molar-refractivity contribution is 14.1. The van der Waals surface area contributed by atoms with Crippen molar-refractivity contribution in [1.82, 2.24) is 14.5 Å². The number of halogens is 5. The molecule has 1 fully saturated rings. The average molecular weight is 474 g/mol. The first-order valence-corrected chi connectivity index (χ1v) is 9.16. The Morgan fingerprint density at radius 3 is 2.79 bits per heavy atom. The van der Waals surface area contributed by atoms with Crippen molar-refractivity contribution in [2.75, 3.05) is 25.5 Å². The number of pyridine rings is 1. The maximum absolute atomic E-state index is 14.2. The number of fused-ring (bicyclic) bond motifs is 1. The second kappa shape index (κ2) is 6.87. The number of hydrogen-bond acceptors (Lipinski definition) is 4. The van der Waals surface area contributed by atoms with Crippen LogP contribution in [0.1, 0.15) is 6.42 Å². The molecule has 1 aliphatic rings. The summed E-state index contributed by atoms with van der Waals surface area (Å²) in [6.45, 7) is 1.10. The van der Waals surface area contributed by atoms with Crippen LogP contribution in [0.15, 0.2) is 23.1 Å². The lowest BCUT2D eigenvalue weighted by atomic mass is 10.0. The van der Waals surface area contributed by atoms with Gasteiger partial charge in [0.1, 0.15) is 15.7 Å². The summed E-state index contributed by atoms with van der Waals surface area (Å²) in [4.78, 5) is 1.98. The third-order valence-corrected chi connectivity index (χ3v) is 5.83. The largest absolute Gasteiger partial charge is 0.446 e. The molecule has 0 saturated carbocycles. The molecule has 0 unspecified atom stereocenters. The molecule has 4 nitrogen and oxygen atoms in total. The summed E-state index contributed by atoms with van der Waals surface area (Å²) < 4.78 is 54.1. The highest BCUT2D eigenvalue weighted by Crippen LogP contribution is 2.41. The minimum absolute atomic E-state index is 0.0620. The van der Waals surface area contributed by atoms with Crippen molar-refractivity contribution in [3.8, 4) is 0 Å². The van der Waals surface area contributed by atoms with Gasteiger partial charge in [-0.25, -0.2) is 8.91 Å². The Labute approximate surface area is 154 Å². The topological polar surface area (TPSA) is 32.6 Å². The second-order valence-corrected chi connectivity index (χ2v) is 7.79. The van der Waals surface area contributed by atoms with Crippen molar-refractivity contribution >= 4 is 45.7 Å². The number of hydrogen-bond donors (Lipinski definition) is 1. The normalized spacial score (nSPS) is 22.9. The maximum Gasteiger partial charge on any atom is 0.446 e. The number of aromatic nitrogens is 2. The molecule has 0 aromatic carbocycles. The number of nitrogens with one attached hydrogen (secondary N) is 1. The molecule has 2 atom stereocenters. The van der Waals surface area contributed by atoms with Crippen LogP contribution in [0.3, 0.4) is 0 Å². The van der Waals surface area contributed by atoms with E-state index in [2.05, 4.69) is 10.4 Å². The molecule has 2 aromatic rings. The van der Waals surface area contributed by atoms with E-state index in [1.807, 2.05) is 11.9 Å². The third kappa shape index (κ3) is 3.90. The van der Waals surface area contributed by atoms with Crippen molar-refractivity contribution < 1.29 is 17.6 Å². The molecule has 0 spiro atoms. The van der Waals surface area contributed by atoms with Gasteiger partial charge in [0.15, 0.2) is 0 Å². The molecule has 10 heteroatoms. The van der Waals surface area contributed by atoms with E-state index in [4.69, 9.17) is 0 Å². The van der Waals surface area contributed by atoms with Crippen LogP contribution in [0.25, 0.3) is 5.52 Å². The zero-order chi connectivity index (χ0) is 17.5. The van der Waals surface area contributed by atoms with Gasteiger partial charge in [0.2, 0.25) is 0 Å². The molecule has 24 heavy (non-hydrogen) atoms. The van der Waals surface area contributed by atoms with Crippen LogP contribution < -0.4 is 5.32 Å². The fourth-order valence-corrected chi connectivity index (χ4v) is 4.19. The van der Waals surface area contributed by atoms with Gasteiger partial charge in [-0.3, -0.25) is 0 Å². The van der Waals surface area contributed by atoms with Gasteiger partial charge in [0.25, 0.3) is 0 Å². The maximum atomic E-state index is 14.2. The minimum atomic E-state index is -4.38. The number of thioether (sulfide) groups is 1. The highest BCUT2D eigenvalue weighted by Gasteiger charge is 2.33. The lowest BCUT2D eigenvalue weighted by Gasteiger charge is -2.33. The molecule has 1 N–H and O–H groups in total. The standard InChI is InChI=1S/C14H15F4IN4S/c1-22-6-5-9(8(15)7-22)20-11-4-2-3-10-12(24-14(16,17)18)13(19)21-23(10)11/h2-4,8-9,20H,5-7H2,1H3/t8-,9+/m1/s1. The van der Waals surface area contributed by atoms with E-state index in [-0.39, 0.29) is 26.4 Å². The lowest BCUT2D eigenvalue weighted by Crippen LogP contribution is -2.46. The number of alkyl halides is 4. The SMILES string of the molecule is CN1CC[C@H](Nc2cccc3c(SC(F)(F)F)c(I)nn23)[C@H](F)C1. The van der Waals surface area contributed by atoms with Crippen LogP contribution in [0.2, 0.25) is 0 Å². The first kappa shape index (κ1) is 18.1. The van der Waals surface area contributed by atoms with Crippen LogP contribution in [0, 0.1) is 3.70 Å². The molecule has 1 saturated heterocycles. The molecule has 0 radical (unpaired) electrons. The summed E-state index contributed by atoms with van der Waals surface area (Å²) in [5.41, 5.74) is -4.03. The molecule has 132 valence electrons. The predicted octanol–water partition coefficient (Wildman–Crippen LogP) is 4.00. The van der Waals surface area contributed by atoms with Crippen molar-refractivity contribution in [2.24, 2.45) is 0 Å². The summed E-state index contributed by atoms with van der Waals surface area (Å²) in [5.74, 6) is 0.497. The number of rotatable bonds is 3. The Balaban J connectivity index is 1.91. The van der Waals surface area contributed by atoms with E-state index < -0.39 is 11.7 Å². The second-order valence-electron chi connectivity index (χ2n) is 5.69. The van der Waals surface area contributed by atoms with Gasteiger partial charge in [-0.2, -0.15) is 18.3 Å². The molecule has 0 amide bonds. The van der Waals surface area contributed by atoms with Crippen LogP contribution in [0.5, 0.6) is 0 Å². The molecule has 1 aliphatic heterocycles. The van der Waals surface area contributed by atoms with Crippen LogP contribution >= 0.6 is 34.4 Å². The van der Waals surface area contributed by atoms with Gasteiger partial charge < -0.3 is 10.2 Å². The molecular weight excluding hydrogens is 459 g/mol. The fourth-order valence-electron chi connectivity index (χ4n) is 2.75. The van der Waals surface area contributed by atoms with E-state index >= 15 is 0 Å². The summed E-state index contributed by atoms with van der Waals surface area (Å²) in [7, 11) is 1.86. The number of anilines is 1. The molecule has 2 aromatic heterocycles. The number of likely N-dealkylation sites (tertiary alicyclic amines) is 1. The quantitative estimate of drug-likeness (QED) is 0.414. The highest BCUT2D eigenvalue weighted by atomic mass is 127. The minimum Gasteiger partial charge on any atom is -0.364 e. The van der Waals surface area contributed by atoms with Crippen molar-refractivity contribution in [1.29, 1.82) is 0 Å². The summed E-state index contributed by atoms with van der Waals surface area (Å²) >= 11 is 1.61. The zero-order valence-corrected chi connectivity index (χ0v) is 15.6. The Morgan fingerprint density at radius 1 is 1.38 bits per heavy atom.